The molecule has 2 heterocycles. The fourth-order valence-electron chi connectivity index (χ4n) is 6.53. The Labute approximate surface area is 329 Å². The lowest BCUT2D eigenvalue weighted by molar-refractivity contribution is -0.243. The summed E-state index contributed by atoms with van der Waals surface area (Å²) in [6.07, 6.45) is -9.41. The van der Waals surface area contributed by atoms with Crippen molar-refractivity contribution in [3.8, 4) is 0 Å². The molecule has 0 aliphatic carbocycles. The van der Waals surface area contributed by atoms with Crippen LogP contribution in [0.25, 0.3) is 0 Å². The smallest absolute Gasteiger partial charge is 0.338 e. The van der Waals surface area contributed by atoms with Crippen LogP contribution in [-0.4, -0.2) is 85.4 Å². The van der Waals surface area contributed by atoms with Crippen molar-refractivity contribution in [3.63, 3.8) is 0 Å². The van der Waals surface area contributed by atoms with E-state index in [1.54, 1.807) is 91.0 Å². The molecule has 294 valence electrons. The Morgan fingerprint density at radius 3 is 1.35 bits per heavy atom. The molecule has 2 aliphatic rings. The van der Waals surface area contributed by atoms with Gasteiger partial charge < -0.3 is 43.0 Å². The third-order valence-corrected chi connectivity index (χ3v) is 9.44. The molecule has 7 rings (SSSR count). The van der Waals surface area contributed by atoms with Crippen molar-refractivity contribution < 1.29 is 57.4 Å². The summed E-state index contributed by atoms with van der Waals surface area (Å²) in [6, 6.07) is 44.2. The average molecular weight is 775 g/mol. The van der Waals surface area contributed by atoms with Gasteiger partial charge in [0.25, 0.3) is 0 Å². The van der Waals surface area contributed by atoms with Gasteiger partial charge in [0.05, 0.1) is 29.9 Å². The molecule has 0 saturated carbocycles. The Morgan fingerprint density at radius 1 is 0.474 bits per heavy atom. The molecule has 0 aromatic heterocycles. The number of carbonyl (C=O) groups is 3. The van der Waals surface area contributed by atoms with E-state index < -0.39 is 67.1 Å². The molecule has 0 bridgehead atoms. The SMILES string of the molecule is O=C(OC[C@H]1O[C@@H](O[C@H]2[C@H](OC(=O)c3ccccc3)[C@@H](COC(=O)c3ccccc3)O[C@@H]2O)[C@@H](OCc2ccccc2)[C@@H]1OCc1ccccc1)c1ccccc1. The number of aliphatic hydroxyl groups is 1. The maximum absolute atomic E-state index is 13.5. The maximum atomic E-state index is 13.5. The first-order chi connectivity index (χ1) is 27.9. The van der Waals surface area contributed by atoms with Gasteiger partial charge in [0, 0.05) is 0 Å². The Morgan fingerprint density at radius 2 is 0.877 bits per heavy atom. The average Bonchev–Trinajstić information content (AvgIpc) is 3.75. The molecule has 12 heteroatoms. The second-order valence-corrected chi connectivity index (χ2v) is 13.4. The van der Waals surface area contributed by atoms with Gasteiger partial charge in [-0.05, 0) is 47.5 Å². The molecule has 8 atom stereocenters. The zero-order valence-corrected chi connectivity index (χ0v) is 30.8. The molecule has 1 N–H and O–H groups in total. The largest absolute Gasteiger partial charge is 0.459 e. The molecule has 57 heavy (non-hydrogen) atoms. The quantitative estimate of drug-likeness (QED) is 0.0938. The number of ether oxygens (including phenoxy) is 8. The topological polar surface area (TPSA) is 145 Å². The van der Waals surface area contributed by atoms with Crippen LogP contribution in [0.2, 0.25) is 0 Å². The van der Waals surface area contributed by atoms with E-state index in [4.69, 9.17) is 37.9 Å². The van der Waals surface area contributed by atoms with Crippen LogP contribution in [0.3, 0.4) is 0 Å². The molecular weight excluding hydrogens is 732 g/mol. The van der Waals surface area contributed by atoms with Crippen molar-refractivity contribution in [1.82, 2.24) is 0 Å². The summed E-state index contributed by atoms with van der Waals surface area (Å²) in [5.41, 5.74) is 2.64. The molecule has 0 radical (unpaired) electrons. The highest BCUT2D eigenvalue weighted by molar-refractivity contribution is 5.90. The second-order valence-electron chi connectivity index (χ2n) is 13.4. The summed E-state index contributed by atoms with van der Waals surface area (Å²) in [5.74, 6) is -1.91. The highest BCUT2D eigenvalue weighted by Gasteiger charge is 2.54. The number of hydrogen-bond acceptors (Lipinski definition) is 12. The van der Waals surface area contributed by atoms with E-state index in [0.29, 0.717) is 11.1 Å². The highest BCUT2D eigenvalue weighted by Crippen LogP contribution is 2.35. The van der Waals surface area contributed by atoms with E-state index >= 15 is 0 Å². The lowest BCUT2D eigenvalue weighted by Crippen LogP contribution is -2.46. The molecule has 2 saturated heterocycles. The second kappa shape index (κ2) is 19.4. The van der Waals surface area contributed by atoms with Gasteiger partial charge in [0.1, 0.15) is 37.6 Å². The van der Waals surface area contributed by atoms with Crippen molar-refractivity contribution in [2.24, 2.45) is 0 Å². The number of aliphatic hydroxyl groups excluding tert-OH is 1. The van der Waals surface area contributed by atoms with Crippen LogP contribution in [0.4, 0.5) is 0 Å². The van der Waals surface area contributed by atoms with Crippen molar-refractivity contribution in [2.75, 3.05) is 13.2 Å². The molecule has 5 aromatic rings. The molecule has 12 nitrogen and oxygen atoms in total. The number of carbonyl (C=O) groups excluding carboxylic acids is 3. The third-order valence-electron chi connectivity index (χ3n) is 9.44. The van der Waals surface area contributed by atoms with Crippen LogP contribution >= 0.6 is 0 Å². The number of benzene rings is 5. The van der Waals surface area contributed by atoms with E-state index in [9.17, 15) is 19.5 Å². The normalized spacial score (nSPS) is 24.1. The lowest BCUT2D eigenvalue weighted by atomic mass is 10.1. The minimum atomic E-state index is -1.66. The number of hydrogen-bond donors (Lipinski definition) is 1. The van der Waals surface area contributed by atoms with Gasteiger partial charge in [-0.3, -0.25) is 0 Å². The predicted molar refractivity (Wildman–Crippen MR) is 204 cm³/mol. The monoisotopic (exact) mass is 774 g/mol. The molecule has 5 aromatic carbocycles. The number of esters is 3. The zero-order valence-electron chi connectivity index (χ0n) is 30.8. The number of rotatable bonds is 16. The summed E-state index contributed by atoms with van der Waals surface area (Å²) in [4.78, 5) is 39.4. The molecule has 2 fully saturated rings. The standard InChI is InChI=1S/C45H42O12/c46-41(32-20-10-3-11-21-32)52-28-35-37(50-26-30-16-6-1-7-17-30)40(51-27-31-18-8-2-9-19-31)45(55-35)57-39-38(56-43(48)34-24-14-5-15-25-34)36(54-44(39)49)29-53-42(47)33-22-12-4-13-23-33/h1-25,35-40,44-45,49H,26-29H2/t35-,36-,37-,38-,39+,40+,44+,45+/m1/s1. The van der Waals surface area contributed by atoms with Gasteiger partial charge in [-0.1, -0.05) is 115 Å². The van der Waals surface area contributed by atoms with Gasteiger partial charge in [-0.2, -0.15) is 0 Å². The van der Waals surface area contributed by atoms with Gasteiger partial charge in [0.15, 0.2) is 24.8 Å². The molecule has 2 aliphatic heterocycles. The van der Waals surface area contributed by atoms with E-state index in [1.807, 2.05) is 60.7 Å². The Kier molecular flexibility index (Phi) is 13.5. The van der Waals surface area contributed by atoms with Crippen LogP contribution in [0.1, 0.15) is 42.2 Å². The minimum Gasteiger partial charge on any atom is -0.459 e. The highest BCUT2D eigenvalue weighted by atomic mass is 16.8. The van der Waals surface area contributed by atoms with Crippen molar-refractivity contribution in [2.45, 2.75) is 62.4 Å². The van der Waals surface area contributed by atoms with Crippen LogP contribution in [-0.2, 0) is 51.1 Å². The first-order valence-corrected chi connectivity index (χ1v) is 18.6. The van der Waals surface area contributed by atoms with Crippen LogP contribution in [0.5, 0.6) is 0 Å². The first kappa shape index (κ1) is 39.5. The molecule has 0 spiro atoms. The summed E-state index contributed by atoms with van der Waals surface area (Å²) in [7, 11) is 0. The lowest BCUT2D eigenvalue weighted by Gasteiger charge is -2.29. The Bertz CT molecular complexity index is 2020. The summed E-state index contributed by atoms with van der Waals surface area (Å²) < 4.78 is 49.0. The third kappa shape index (κ3) is 10.4. The molecule has 0 unspecified atom stereocenters. The maximum Gasteiger partial charge on any atom is 0.338 e. The van der Waals surface area contributed by atoms with Gasteiger partial charge in [-0.15, -0.1) is 0 Å². The van der Waals surface area contributed by atoms with Crippen LogP contribution < -0.4 is 0 Å². The van der Waals surface area contributed by atoms with E-state index in [1.165, 1.54) is 0 Å². The Balaban J connectivity index is 1.15. The van der Waals surface area contributed by atoms with Crippen molar-refractivity contribution in [3.05, 3.63) is 179 Å². The summed E-state index contributed by atoms with van der Waals surface area (Å²) >= 11 is 0. The van der Waals surface area contributed by atoms with E-state index in [-0.39, 0.29) is 32.0 Å². The summed E-state index contributed by atoms with van der Waals surface area (Å²) in [5, 5.41) is 11.4. The molecular formula is C45H42O12. The van der Waals surface area contributed by atoms with Crippen molar-refractivity contribution in [1.29, 1.82) is 0 Å². The zero-order chi connectivity index (χ0) is 39.4. The Hall–Kier alpha value is -5.73. The predicted octanol–water partition coefficient (Wildman–Crippen LogP) is 5.92. The van der Waals surface area contributed by atoms with Crippen molar-refractivity contribution >= 4 is 17.9 Å². The first-order valence-electron chi connectivity index (χ1n) is 18.6. The van der Waals surface area contributed by atoms with E-state index in [0.717, 1.165) is 11.1 Å². The fourth-order valence-corrected chi connectivity index (χ4v) is 6.53. The van der Waals surface area contributed by atoms with E-state index in [2.05, 4.69) is 0 Å². The van der Waals surface area contributed by atoms with Gasteiger partial charge in [-0.25, -0.2) is 14.4 Å². The van der Waals surface area contributed by atoms with Gasteiger partial charge in [0.2, 0.25) is 0 Å². The fraction of sp³-hybridized carbons (Fsp3) is 0.267. The summed E-state index contributed by atoms with van der Waals surface area (Å²) in [6.45, 7) is -0.313. The van der Waals surface area contributed by atoms with Crippen LogP contribution in [0, 0.1) is 0 Å². The van der Waals surface area contributed by atoms with Gasteiger partial charge >= 0.3 is 17.9 Å². The van der Waals surface area contributed by atoms with Crippen LogP contribution in [0.15, 0.2) is 152 Å². The molecule has 0 amide bonds. The minimum absolute atomic E-state index is 0.130.